The number of aromatic amines is 1. The van der Waals surface area contributed by atoms with Crippen LogP contribution in [-0.4, -0.2) is 29.2 Å². The van der Waals surface area contributed by atoms with E-state index in [0.717, 1.165) is 37.1 Å². The highest BCUT2D eigenvalue weighted by molar-refractivity contribution is 5.80. The number of rotatable bonds is 4. The van der Waals surface area contributed by atoms with E-state index < -0.39 is 0 Å². The second-order valence-corrected chi connectivity index (χ2v) is 8.52. The lowest BCUT2D eigenvalue weighted by atomic mass is 9.74. The maximum atomic E-state index is 13.0. The van der Waals surface area contributed by atoms with Crippen LogP contribution in [-0.2, 0) is 13.0 Å². The van der Waals surface area contributed by atoms with E-state index in [0.29, 0.717) is 35.3 Å². The van der Waals surface area contributed by atoms with Gasteiger partial charge in [0, 0.05) is 25.0 Å². The van der Waals surface area contributed by atoms with Crippen molar-refractivity contribution in [2.45, 2.75) is 44.7 Å². The monoisotopic (exact) mass is 405 g/mol. The van der Waals surface area contributed by atoms with Gasteiger partial charge in [0.05, 0.1) is 18.0 Å². The van der Waals surface area contributed by atoms with Crippen LogP contribution in [0.2, 0.25) is 0 Å². The van der Waals surface area contributed by atoms with Crippen LogP contribution >= 0.6 is 0 Å². The Hall–Kier alpha value is -2.86. The summed E-state index contributed by atoms with van der Waals surface area (Å²) in [6.45, 7) is 3.26. The third-order valence-electron chi connectivity index (χ3n) is 7.03. The van der Waals surface area contributed by atoms with E-state index in [1.807, 2.05) is 25.1 Å². The van der Waals surface area contributed by atoms with Gasteiger partial charge in [-0.25, -0.2) is 4.79 Å². The van der Waals surface area contributed by atoms with Crippen molar-refractivity contribution in [3.05, 3.63) is 73.9 Å². The summed E-state index contributed by atoms with van der Waals surface area (Å²) < 4.78 is 6.93. The van der Waals surface area contributed by atoms with Crippen molar-refractivity contribution in [2.75, 3.05) is 13.7 Å². The fraction of sp³-hybridized carbons (Fsp3) is 0.417. The van der Waals surface area contributed by atoms with Crippen molar-refractivity contribution in [2.24, 2.45) is 5.92 Å². The van der Waals surface area contributed by atoms with Gasteiger partial charge < -0.3 is 15.0 Å². The average molecular weight is 405 g/mol. The minimum absolute atomic E-state index is 0.194. The molecule has 3 aromatic rings. The normalized spacial score (nSPS) is 22.7. The number of hydrogen-bond acceptors (Lipinski definition) is 4. The fourth-order valence-electron chi connectivity index (χ4n) is 5.56. The van der Waals surface area contributed by atoms with Crippen LogP contribution < -0.4 is 21.3 Å². The molecular weight excluding hydrogens is 378 g/mol. The van der Waals surface area contributed by atoms with Crippen molar-refractivity contribution in [1.29, 1.82) is 0 Å². The second-order valence-electron chi connectivity index (χ2n) is 8.52. The molecule has 1 aromatic heterocycles. The van der Waals surface area contributed by atoms with Gasteiger partial charge in [0.1, 0.15) is 5.75 Å². The van der Waals surface area contributed by atoms with Crippen LogP contribution in [0.1, 0.15) is 35.4 Å². The van der Waals surface area contributed by atoms with Crippen molar-refractivity contribution in [3.8, 4) is 5.75 Å². The Morgan fingerprint density at radius 1 is 1.17 bits per heavy atom. The highest BCUT2D eigenvalue weighted by atomic mass is 16.5. The standard InChI is InChI=1S/C24H27N3O3/c1-14-5-3-7-20-22(14)23(28)27(24(29)26-20)12-11-19-16-9-10-17-15(18(16)13-25-19)6-4-8-21(17)30-2/h3-8,16,18-19,25H,9-13H2,1-2H3,(H,26,29)/t16-,18+,19?/m1/s1. The van der Waals surface area contributed by atoms with Gasteiger partial charge in [-0.15, -0.1) is 0 Å². The highest BCUT2D eigenvalue weighted by Gasteiger charge is 2.40. The molecule has 0 bridgehead atoms. The van der Waals surface area contributed by atoms with Crippen molar-refractivity contribution in [3.63, 3.8) is 0 Å². The Balaban J connectivity index is 1.39. The van der Waals surface area contributed by atoms with E-state index in [4.69, 9.17) is 4.74 Å². The average Bonchev–Trinajstić information content (AvgIpc) is 3.16. The van der Waals surface area contributed by atoms with Crippen LogP contribution in [0.5, 0.6) is 5.75 Å². The fourth-order valence-corrected chi connectivity index (χ4v) is 5.56. The zero-order valence-corrected chi connectivity index (χ0v) is 17.4. The molecular formula is C24H27N3O3. The molecule has 0 radical (unpaired) electrons. The molecule has 2 N–H and O–H groups in total. The molecule has 0 saturated carbocycles. The first-order chi connectivity index (χ1) is 14.6. The molecule has 1 aliphatic heterocycles. The molecule has 6 heteroatoms. The van der Waals surface area contributed by atoms with E-state index in [2.05, 4.69) is 22.4 Å². The second kappa shape index (κ2) is 7.43. The molecule has 2 heterocycles. The number of nitrogens with zero attached hydrogens (tertiary/aromatic N) is 1. The van der Waals surface area contributed by atoms with Crippen molar-refractivity contribution in [1.82, 2.24) is 14.9 Å². The third-order valence-corrected chi connectivity index (χ3v) is 7.03. The molecule has 30 heavy (non-hydrogen) atoms. The minimum atomic E-state index is -0.327. The molecule has 6 nitrogen and oxygen atoms in total. The maximum absolute atomic E-state index is 13.0. The number of methoxy groups -OCH3 is 1. The summed E-state index contributed by atoms with van der Waals surface area (Å²) in [5, 5.41) is 4.27. The molecule has 1 unspecified atom stereocenters. The molecule has 156 valence electrons. The lowest BCUT2D eigenvalue weighted by molar-refractivity contribution is 0.337. The van der Waals surface area contributed by atoms with Gasteiger partial charge in [-0.05, 0) is 60.9 Å². The lowest BCUT2D eigenvalue weighted by Crippen LogP contribution is -2.38. The summed E-state index contributed by atoms with van der Waals surface area (Å²) >= 11 is 0. The quantitative estimate of drug-likeness (QED) is 0.700. The lowest BCUT2D eigenvalue weighted by Gasteiger charge is -2.31. The molecule has 5 rings (SSSR count). The number of aryl methyl sites for hydroxylation is 1. The first kappa shape index (κ1) is 19.1. The van der Waals surface area contributed by atoms with E-state index >= 15 is 0 Å². The van der Waals surface area contributed by atoms with Gasteiger partial charge in [-0.2, -0.15) is 0 Å². The summed E-state index contributed by atoms with van der Waals surface area (Å²) in [7, 11) is 1.73. The number of fused-ring (bicyclic) bond motifs is 4. The zero-order valence-electron chi connectivity index (χ0n) is 17.4. The first-order valence-electron chi connectivity index (χ1n) is 10.7. The molecule has 2 aromatic carbocycles. The van der Waals surface area contributed by atoms with Crippen LogP contribution in [0.25, 0.3) is 10.9 Å². The Bertz CT molecular complexity index is 1230. The van der Waals surface area contributed by atoms with Crippen LogP contribution in [0.4, 0.5) is 0 Å². The minimum Gasteiger partial charge on any atom is -0.496 e. The number of aromatic nitrogens is 2. The molecule has 1 aliphatic carbocycles. The summed E-state index contributed by atoms with van der Waals surface area (Å²) in [6, 6.07) is 12.2. The predicted octanol–water partition coefficient (Wildman–Crippen LogP) is 2.71. The predicted molar refractivity (Wildman–Crippen MR) is 118 cm³/mol. The van der Waals surface area contributed by atoms with E-state index in [1.165, 1.54) is 15.7 Å². The third kappa shape index (κ3) is 2.98. The largest absolute Gasteiger partial charge is 0.496 e. The molecule has 1 fully saturated rings. The van der Waals surface area contributed by atoms with E-state index in [9.17, 15) is 9.59 Å². The van der Waals surface area contributed by atoms with Crippen molar-refractivity contribution >= 4 is 10.9 Å². The summed E-state index contributed by atoms with van der Waals surface area (Å²) in [4.78, 5) is 28.4. The van der Waals surface area contributed by atoms with Crippen LogP contribution in [0.15, 0.2) is 46.0 Å². The van der Waals surface area contributed by atoms with Gasteiger partial charge >= 0.3 is 5.69 Å². The SMILES string of the molecule is COc1cccc2c1CC[C@H]1C(CCn3c(=O)[nH]c4cccc(C)c4c3=O)NC[C@@H]21. The van der Waals surface area contributed by atoms with Crippen molar-refractivity contribution < 1.29 is 4.74 Å². The van der Waals surface area contributed by atoms with E-state index in [1.54, 1.807) is 13.2 Å². The van der Waals surface area contributed by atoms with Gasteiger partial charge in [-0.3, -0.25) is 9.36 Å². The summed E-state index contributed by atoms with van der Waals surface area (Å²) in [5.74, 6) is 1.96. The topological polar surface area (TPSA) is 76.1 Å². The van der Waals surface area contributed by atoms with Gasteiger partial charge in [-0.1, -0.05) is 24.3 Å². The number of benzene rings is 2. The number of H-pyrrole nitrogens is 1. The first-order valence-corrected chi connectivity index (χ1v) is 10.7. The Labute approximate surface area is 174 Å². The van der Waals surface area contributed by atoms with E-state index in [-0.39, 0.29) is 11.2 Å². The Morgan fingerprint density at radius 2 is 2.00 bits per heavy atom. The molecule has 2 aliphatic rings. The number of hydrogen-bond donors (Lipinski definition) is 2. The van der Waals surface area contributed by atoms with Crippen LogP contribution in [0.3, 0.4) is 0 Å². The highest BCUT2D eigenvalue weighted by Crippen LogP contribution is 2.44. The molecule has 0 amide bonds. The number of nitrogens with one attached hydrogen (secondary N) is 2. The Morgan fingerprint density at radius 3 is 2.83 bits per heavy atom. The van der Waals surface area contributed by atoms with Gasteiger partial charge in [0.2, 0.25) is 0 Å². The van der Waals surface area contributed by atoms with Gasteiger partial charge in [0.25, 0.3) is 5.56 Å². The summed E-state index contributed by atoms with van der Waals surface area (Å²) in [6.07, 6.45) is 2.87. The number of ether oxygens (including phenoxy) is 1. The smallest absolute Gasteiger partial charge is 0.328 e. The molecule has 3 atom stereocenters. The summed E-state index contributed by atoms with van der Waals surface area (Å²) in [5.41, 5.74) is 3.70. The van der Waals surface area contributed by atoms with Crippen LogP contribution in [0, 0.1) is 12.8 Å². The molecule has 1 saturated heterocycles. The van der Waals surface area contributed by atoms with Gasteiger partial charge in [0.15, 0.2) is 0 Å². The maximum Gasteiger partial charge on any atom is 0.328 e. The Kier molecular flexibility index (Phi) is 4.74. The zero-order chi connectivity index (χ0) is 20.8. The molecule has 0 spiro atoms.